The molecule has 10 heteroatoms. The van der Waals surface area contributed by atoms with Gasteiger partial charge in [-0.05, 0) is 101 Å². The molecule has 1 saturated heterocycles. The number of benzene rings is 3. The largest absolute Gasteiger partial charge is 0.490 e. The minimum Gasteiger partial charge on any atom is -0.490 e. The molecule has 4 rings (SSSR count). The zero-order valence-corrected chi connectivity index (χ0v) is 22.0. The molecule has 0 spiro atoms. The second-order valence-corrected chi connectivity index (χ2v) is 9.61. The average molecular weight is 618 g/mol. The zero-order chi connectivity index (χ0) is 25.7. The molecule has 3 aromatic carbocycles. The summed E-state index contributed by atoms with van der Waals surface area (Å²) in [6, 6.07) is 17.6. The van der Waals surface area contributed by atoms with Gasteiger partial charge in [-0.15, -0.1) is 0 Å². The van der Waals surface area contributed by atoms with E-state index >= 15 is 0 Å². The molecule has 3 amide bonds. The van der Waals surface area contributed by atoms with Crippen molar-refractivity contribution in [1.82, 2.24) is 0 Å². The van der Waals surface area contributed by atoms with Gasteiger partial charge in [0.05, 0.1) is 20.8 Å². The molecule has 3 aromatic rings. The van der Waals surface area contributed by atoms with Gasteiger partial charge in [-0.25, -0.2) is 9.29 Å². The third-order valence-electron chi connectivity index (χ3n) is 4.91. The first kappa shape index (κ1) is 25.7. The number of rotatable bonds is 8. The number of thioether (sulfide) groups is 1. The van der Waals surface area contributed by atoms with Crippen molar-refractivity contribution < 1.29 is 28.2 Å². The Bertz CT molecular complexity index is 1330. The van der Waals surface area contributed by atoms with Gasteiger partial charge in [0, 0.05) is 5.69 Å². The van der Waals surface area contributed by atoms with E-state index in [9.17, 15) is 18.8 Å². The lowest BCUT2D eigenvalue weighted by molar-refractivity contribution is -0.118. The van der Waals surface area contributed by atoms with Crippen molar-refractivity contribution in [2.24, 2.45) is 0 Å². The molecule has 1 heterocycles. The van der Waals surface area contributed by atoms with Gasteiger partial charge >= 0.3 is 0 Å². The Morgan fingerprint density at radius 3 is 2.50 bits per heavy atom. The molecule has 184 valence electrons. The summed E-state index contributed by atoms with van der Waals surface area (Å²) in [6.45, 7) is 1.88. The van der Waals surface area contributed by atoms with Crippen LogP contribution in [0.25, 0.3) is 6.08 Å². The normalized spacial score (nSPS) is 14.3. The SMILES string of the molecule is CCOc1cc(/C=C2/SC(=O)N(c3ccccc3)C2=O)cc(I)c1OCC(=O)Nc1ccc(F)cc1. The van der Waals surface area contributed by atoms with E-state index in [1.54, 1.807) is 42.5 Å². The van der Waals surface area contributed by atoms with Crippen molar-refractivity contribution >= 4 is 68.9 Å². The summed E-state index contributed by atoms with van der Waals surface area (Å²) in [5.74, 6) is -0.445. The molecule has 0 saturated carbocycles. The van der Waals surface area contributed by atoms with Crippen molar-refractivity contribution in [2.45, 2.75) is 6.92 Å². The van der Waals surface area contributed by atoms with Crippen molar-refractivity contribution in [3.63, 3.8) is 0 Å². The number of halogens is 2. The Labute approximate surface area is 224 Å². The van der Waals surface area contributed by atoms with Crippen molar-refractivity contribution in [3.8, 4) is 11.5 Å². The first-order chi connectivity index (χ1) is 17.4. The van der Waals surface area contributed by atoms with E-state index in [4.69, 9.17) is 9.47 Å². The number of amides is 3. The molecule has 0 atom stereocenters. The highest BCUT2D eigenvalue weighted by atomic mass is 127. The summed E-state index contributed by atoms with van der Waals surface area (Å²) < 4.78 is 25.2. The van der Waals surface area contributed by atoms with E-state index in [1.807, 2.05) is 13.0 Å². The third-order valence-corrected chi connectivity index (χ3v) is 6.58. The second kappa shape index (κ2) is 11.6. The maximum absolute atomic E-state index is 13.1. The van der Waals surface area contributed by atoms with Crippen LogP contribution in [-0.2, 0) is 9.59 Å². The van der Waals surface area contributed by atoms with Crippen LogP contribution in [0.3, 0.4) is 0 Å². The van der Waals surface area contributed by atoms with E-state index in [0.717, 1.165) is 16.7 Å². The fourth-order valence-corrected chi connectivity index (χ4v) is 4.98. The molecule has 1 N–H and O–H groups in total. The number of ether oxygens (including phenoxy) is 2. The van der Waals surface area contributed by atoms with Crippen LogP contribution in [0.15, 0.2) is 71.6 Å². The predicted molar refractivity (Wildman–Crippen MR) is 146 cm³/mol. The highest BCUT2D eigenvalue weighted by Gasteiger charge is 2.36. The number of imide groups is 1. The minimum atomic E-state index is -0.418. The van der Waals surface area contributed by atoms with Crippen LogP contribution in [0, 0.1) is 9.39 Å². The van der Waals surface area contributed by atoms with Crippen LogP contribution in [0.1, 0.15) is 12.5 Å². The van der Waals surface area contributed by atoms with Gasteiger partial charge in [-0.2, -0.15) is 0 Å². The maximum atomic E-state index is 13.1. The number of carbonyl (C=O) groups is 3. The standard InChI is InChI=1S/C26H20FIN2O5S/c1-2-34-21-13-16(14-22-25(32)30(26(33)36-22)19-6-4-3-5-7-19)12-20(28)24(21)35-15-23(31)29-18-10-8-17(27)9-11-18/h3-14H,2,15H2,1H3,(H,29,31)/b22-14+. The van der Waals surface area contributed by atoms with Gasteiger partial charge in [-0.3, -0.25) is 14.4 Å². The first-order valence-corrected chi connectivity index (χ1v) is 12.7. The lowest BCUT2D eigenvalue weighted by Crippen LogP contribution is -2.27. The summed E-state index contributed by atoms with van der Waals surface area (Å²) in [5.41, 5.74) is 1.60. The lowest BCUT2D eigenvalue weighted by Gasteiger charge is -2.15. The van der Waals surface area contributed by atoms with Gasteiger partial charge in [0.15, 0.2) is 18.1 Å². The molecule has 0 unspecified atom stereocenters. The molecule has 1 fully saturated rings. The fraction of sp³-hybridized carbons (Fsp3) is 0.115. The zero-order valence-electron chi connectivity index (χ0n) is 19.0. The monoisotopic (exact) mass is 618 g/mol. The average Bonchev–Trinajstić information content (AvgIpc) is 3.13. The van der Waals surface area contributed by atoms with Crippen LogP contribution in [-0.4, -0.2) is 30.3 Å². The minimum absolute atomic E-state index is 0.287. The number of nitrogens with zero attached hydrogens (tertiary/aromatic N) is 1. The highest BCUT2D eigenvalue weighted by Crippen LogP contribution is 2.38. The van der Waals surface area contributed by atoms with Crippen LogP contribution >= 0.6 is 34.4 Å². The van der Waals surface area contributed by atoms with E-state index in [2.05, 4.69) is 27.9 Å². The van der Waals surface area contributed by atoms with Crippen LogP contribution < -0.4 is 19.7 Å². The Balaban J connectivity index is 1.51. The molecule has 0 radical (unpaired) electrons. The van der Waals surface area contributed by atoms with Gasteiger partial charge in [-0.1, -0.05) is 18.2 Å². The Morgan fingerprint density at radius 2 is 1.81 bits per heavy atom. The topological polar surface area (TPSA) is 84.9 Å². The summed E-state index contributed by atoms with van der Waals surface area (Å²) in [4.78, 5) is 39.2. The predicted octanol–water partition coefficient (Wildman–Crippen LogP) is 6.09. The molecule has 1 aliphatic heterocycles. The maximum Gasteiger partial charge on any atom is 0.298 e. The van der Waals surface area contributed by atoms with Gasteiger partial charge < -0.3 is 14.8 Å². The van der Waals surface area contributed by atoms with Crippen molar-refractivity contribution in [1.29, 1.82) is 0 Å². The Hall–Kier alpha value is -3.38. The summed E-state index contributed by atoms with van der Waals surface area (Å²) >= 11 is 2.92. The summed E-state index contributed by atoms with van der Waals surface area (Å²) in [7, 11) is 0. The summed E-state index contributed by atoms with van der Waals surface area (Å²) in [5, 5.41) is 2.27. The number of nitrogens with one attached hydrogen (secondary N) is 1. The van der Waals surface area contributed by atoms with Crippen molar-refractivity contribution in [2.75, 3.05) is 23.4 Å². The Kier molecular flexibility index (Phi) is 8.26. The number of hydrogen-bond donors (Lipinski definition) is 1. The van der Waals surface area contributed by atoms with E-state index in [-0.39, 0.29) is 16.8 Å². The van der Waals surface area contributed by atoms with E-state index in [0.29, 0.717) is 38.6 Å². The molecule has 0 bridgehead atoms. The molecule has 0 aromatic heterocycles. The number of anilines is 2. The number of para-hydroxylation sites is 1. The smallest absolute Gasteiger partial charge is 0.298 e. The number of hydrogen-bond acceptors (Lipinski definition) is 6. The lowest BCUT2D eigenvalue weighted by atomic mass is 10.1. The third kappa shape index (κ3) is 6.05. The molecule has 7 nitrogen and oxygen atoms in total. The number of carbonyl (C=O) groups excluding carboxylic acids is 3. The second-order valence-electron chi connectivity index (χ2n) is 7.46. The van der Waals surface area contributed by atoms with Gasteiger partial charge in [0.2, 0.25) is 0 Å². The molecular weight excluding hydrogens is 598 g/mol. The highest BCUT2D eigenvalue weighted by molar-refractivity contribution is 14.1. The fourth-order valence-electron chi connectivity index (χ4n) is 3.36. The van der Waals surface area contributed by atoms with Crippen LogP contribution in [0.4, 0.5) is 20.6 Å². The van der Waals surface area contributed by atoms with Crippen LogP contribution in [0.5, 0.6) is 11.5 Å². The summed E-state index contributed by atoms with van der Waals surface area (Å²) in [6.07, 6.45) is 1.63. The quantitative estimate of drug-likeness (QED) is 0.243. The molecule has 1 aliphatic rings. The Morgan fingerprint density at radius 1 is 1.08 bits per heavy atom. The van der Waals surface area contributed by atoms with Crippen molar-refractivity contribution in [3.05, 3.63) is 86.6 Å². The van der Waals surface area contributed by atoms with E-state index < -0.39 is 17.6 Å². The molecule has 36 heavy (non-hydrogen) atoms. The van der Waals surface area contributed by atoms with E-state index in [1.165, 1.54) is 24.3 Å². The van der Waals surface area contributed by atoms with Crippen LogP contribution in [0.2, 0.25) is 0 Å². The molecular formula is C26H20FIN2O5S. The first-order valence-electron chi connectivity index (χ1n) is 10.8. The van der Waals surface area contributed by atoms with Gasteiger partial charge in [0.25, 0.3) is 17.1 Å². The molecule has 0 aliphatic carbocycles. The van der Waals surface area contributed by atoms with Gasteiger partial charge in [0.1, 0.15) is 5.82 Å².